The molecule has 6 rings (SSSR count). The summed E-state index contributed by atoms with van der Waals surface area (Å²) in [7, 11) is 0. The first-order valence-corrected chi connectivity index (χ1v) is 14.5. The first-order chi connectivity index (χ1) is 19.6. The van der Waals surface area contributed by atoms with E-state index in [1.807, 2.05) is 55.1 Å². The maximum absolute atomic E-state index is 14.5. The molecule has 1 N–H and O–H groups in total. The van der Waals surface area contributed by atoms with Gasteiger partial charge in [-0.25, -0.2) is 14.1 Å². The van der Waals surface area contributed by atoms with Gasteiger partial charge < -0.3 is 14.8 Å². The SMILES string of the molecule is Cc1cc(Cn2c(N3CCNCC3)nc3c(-c4ccnn4-c4ccc(C(C)(C)C)cc4)cc(Cl)cc32)cc(C)c1F. The summed E-state index contributed by atoms with van der Waals surface area (Å²) < 4.78 is 18.6. The molecule has 0 unspecified atom stereocenters. The highest BCUT2D eigenvalue weighted by Gasteiger charge is 2.24. The molecule has 0 saturated carbocycles. The largest absolute Gasteiger partial charge is 0.340 e. The molecule has 3 aromatic carbocycles. The predicted molar refractivity (Wildman–Crippen MR) is 166 cm³/mol. The Hall–Kier alpha value is -3.68. The van der Waals surface area contributed by atoms with Crippen molar-refractivity contribution in [3.05, 3.63) is 93.9 Å². The molecule has 212 valence electrons. The van der Waals surface area contributed by atoms with Gasteiger partial charge in [-0.2, -0.15) is 5.10 Å². The third kappa shape index (κ3) is 5.24. The zero-order valence-electron chi connectivity index (χ0n) is 24.3. The van der Waals surface area contributed by atoms with Crippen molar-refractivity contribution >= 4 is 28.6 Å². The monoisotopic (exact) mass is 570 g/mol. The number of benzene rings is 3. The number of fused-ring (bicyclic) bond motifs is 1. The number of anilines is 1. The van der Waals surface area contributed by atoms with Crippen molar-refractivity contribution in [2.24, 2.45) is 0 Å². The molecule has 1 saturated heterocycles. The van der Waals surface area contributed by atoms with Crippen molar-refractivity contribution < 1.29 is 4.39 Å². The first-order valence-electron chi connectivity index (χ1n) is 14.2. The van der Waals surface area contributed by atoms with Crippen LogP contribution in [-0.4, -0.2) is 45.5 Å². The van der Waals surface area contributed by atoms with E-state index >= 15 is 0 Å². The van der Waals surface area contributed by atoms with Gasteiger partial charge in [-0.15, -0.1) is 0 Å². The van der Waals surface area contributed by atoms with Crippen LogP contribution in [0.4, 0.5) is 10.3 Å². The van der Waals surface area contributed by atoms with E-state index in [1.54, 1.807) is 0 Å². The molecule has 1 aliphatic rings. The standard InChI is InChI=1S/C33H36ClFN6/c1-21-16-23(17-22(2)30(21)35)20-40-29-19-25(34)18-27(31(29)38-32(40)39-14-12-36-13-15-39)28-10-11-37-41(28)26-8-6-24(7-9-26)33(3,4)5/h6-11,16-19,36H,12-15,20H2,1-5H3. The third-order valence-corrected chi connectivity index (χ3v) is 8.15. The molecular formula is C33H36ClFN6. The van der Waals surface area contributed by atoms with Crippen LogP contribution < -0.4 is 10.2 Å². The lowest BCUT2D eigenvalue weighted by Crippen LogP contribution is -2.44. The summed E-state index contributed by atoms with van der Waals surface area (Å²) in [4.78, 5) is 7.58. The van der Waals surface area contributed by atoms with Crippen molar-refractivity contribution in [2.75, 3.05) is 31.1 Å². The Morgan fingerprint density at radius 1 is 0.951 bits per heavy atom. The average molecular weight is 571 g/mol. The average Bonchev–Trinajstić information content (AvgIpc) is 3.57. The number of aromatic nitrogens is 4. The number of hydrogen-bond acceptors (Lipinski definition) is 4. The summed E-state index contributed by atoms with van der Waals surface area (Å²) >= 11 is 6.81. The Bertz CT molecular complexity index is 1700. The van der Waals surface area contributed by atoms with Crippen LogP contribution >= 0.6 is 11.6 Å². The third-order valence-electron chi connectivity index (χ3n) is 7.93. The maximum Gasteiger partial charge on any atom is 0.206 e. The minimum atomic E-state index is -0.152. The minimum absolute atomic E-state index is 0.0689. The number of nitrogens with one attached hydrogen (secondary N) is 1. The molecule has 5 aromatic rings. The lowest BCUT2D eigenvalue weighted by Gasteiger charge is -2.29. The minimum Gasteiger partial charge on any atom is -0.340 e. The fourth-order valence-corrected chi connectivity index (χ4v) is 5.97. The van der Waals surface area contributed by atoms with Gasteiger partial charge in [-0.05, 0) is 71.8 Å². The first kappa shape index (κ1) is 27.5. The number of nitrogens with zero attached hydrogens (tertiary/aromatic N) is 5. The number of piperazine rings is 1. The summed E-state index contributed by atoms with van der Waals surface area (Å²) in [6.45, 7) is 14.3. The second-order valence-corrected chi connectivity index (χ2v) is 12.5. The van der Waals surface area contributed by atoms with E-state index in [0.29, 0.717) is 22.7 Å². The molecule has 3 heterocycles. The topological polar surface area (TPSA) is 50.9 Å². The smallest absolute Gasteiger partial charge is 0.206 e. The summed E-state index contributed by atoms with van der Waals surface area (Å²) in [5.41, 5.74) is 8.29. The molecule has 0 bridgehead atoms. The molecule has 0 radical (unpaired) electrons. The van der Waals surface area contributed by atoms with Crippen LogP contribution in [0.3, 0.4) is 0 Å². The molecule has 6 nitrogen and oxygen atoms in total. The number of hydrogen-bond donors (Lipinski definition) is 1. The Labute approximate surface area is 245 Å². The summed E-state index contributed by atoms with van der Waals surface area (Å²) in [6.07, 6.45) is 1.82. The van der Waals surface area contributed by atoms with Crippen LogP contribution in [0, 0.1) is 19.7 Å². The van der Waals surface area contributed by atoms with Crippen molar-refractivity contribution in [1.82, 2.24) is 24.6 Å². The Morgan fingerprint density at radius 3 is 2.29 bits per heavy atom. The molecular weight excluding hydrogens is 535 g/mol. The van der Waals surface area contributed by atoms with Gasteiger partial charge in [0.1, 0.15) is 11.3 Å². The van der Waals surface area contributed by atoms with E-state index in [0.717, 1.165) is 65.7 Å². The quantitative estimate of drug-likeness (QED) is 0.246. The highest BCUT2D eigenvalue weighted by atomic mass is 35.5. The van der Waals surface area contributed by atoms with Crippen molar-refractivity contribution in [3.63, 3.8) is 0 Å². The van der Waals surface area contributed by atoms with Gasteiger partial charge in [-0.1, -0.05) is 56.6 Å². The second-order valence-electron chi connectivity index (χ2n) is 12.0. The fraction of sp³-hybridized carbons (Fsp3) is 0.333. The summed E-state index contributed by atoms with van der Waals surface area (Å²) in [5, 5.41) is 8.76. The number of halogens is 2. The van der Waals surface area contributed by atoms with Gasteiger partial charge in [0, 0.05) is 36.8 Å². The number of rotatable bonds is 5. The zero-order chi connectivity index (χ0) is 28.9. The lowest BCUT2D eigenvalue weighted by molar-refractivity contribution is 0.571. The van der Waals surface area contributed by atoms with Gasteiger partial charge in [0.25, 0.3) is 0 Å². The molecule has 0 aliphatic carbocycles. The van der Waals surface area contributed by atoms with E-state index in [9.17, 15) is 4.39 Å². The Balaban J connectivity index is 1.51. The van der Waals surface area contributed by atoms with Gasteiger partial charge in [0.15, 0.2) is 0 Å². The fourth-order valence-electron chi connectivity index (χ4n) is 5.76. The van der Waals surface area contributed by atoms with Crippen LogP contribution in [0.15, 0.2) is 60.8 Å². The lowest BCUT2D eigenvalue weighted by atomic mass is 9.87. The van der Waals surface area contributed by atoms with E-state index in [-0.39, 0.29) is 11.2 Å². The van der Waals surface area contributed by atoms with Crippen LogP contribution in [0.2, 0.25) is 5.02 Å². The molecule has 1 fully saturated rings. The molecule has 41 heavy (non-hydrogen) atoms. The van der Waals surface area contributed by atoms with Gasteiger partial charge >= 0.3 is 0 Å². The molecule has 2 aromatic heterocycles. The van der Waals surface area contributed by atoms with Crippen molar-refractivity contribution in [2.45, 2.75) is 46.6 Å². The van der Waals surface area contributed by atoms with Crippen LogP contribution in [-0.2, 0) is 12.0 Å². The highest BCUT2D eigenvalue weighted by molar-refractivity contribution is 6.31. The predicted octanol–water partition coefficient (Wildman–Crippen LogP) is 7.05. The van der Waals surface area contributed by atoms with Crippen molar-refractivity contribution in [1.29, 1.82) is 0 Å². The van der Waals surface area contributed by atoms with Crippen molar-refractivity contribution in [3.8, 4) is 16.9 Å². The summed E-state index contributed by atoms with van der Waals surface area (Å²) in [5.74, 6) is 0.742. The van der Waals surface area contributed by atoms with Crippen LogP contribution in [0.5, 0.6) is 0 Å². The zero-order valence-corrected chi connectivity index (χ0v) is 25.1. The number of imidazole rings is 1. The van der Waals surface area contributed by atoms with E-state index < -0.39 is 0 Å². The van der Waals surface area contributed by atoms with Crippen LogP contribution in [0.1, 0.15) is 43.0 Å². The summed E-state index contributed by atoms with van der Waals surface area (Å²) in [6, 6.07) is 18.4. The molecule has 0 amide bonds. The Kier molecular flexibility index (Phi) is 7.12. The molecule has 0 atom stereocenters. The van der Waals surface area contributed by atoms with Crippen LogP contribution in [0.25, 0.3) is 28.0 Å². The van der Waals surface area contributed by atoms with E-state index in [2.05, 4.69) is 59.8 Å². The van der Waals surface area contributed by atoms with Gasteiger partial charge in [-0.3, -0.25) is 0 Å². The van der Waals surface area contributed by atoms with E-state index in [1.165, 1.54) is 5.56 Å². The Morgan fingerprint density at radius 2 is 1.63 bits per heavy atom. The molecule has 8 heteroatoms. The second kappa shape index (κ2) is 10.6. The normalized spacial score (nSPS) is 14.3. The molecule has 1 aliphatic heterocycles. The van der Waals surface area contributed by atoms with Gasteiger partial charge in [0.2, 0.25) is 5.95 Å². The maximum atomic E-state index is 14.5. The number of aryl methyl sites for hydroxylation is 2. The molecule has 0 spiro atoms. The van der Waals surface area contributed by atoms with Gasteiger partial charge in [0.05, 0.1) is 29.6 Å². The highest BCUT2D eigenvalue weighted by Crippen LogP contribution is 2.36. The van der Waals surface area contributed by atoms with E-state index in [4.69, 9.17) is 21.7 Å².